The SMILES string of the molecule is CN1CCNCC1.COc1ccc(-c2cc(-c3ccccc3)cnc2N)cn1. The molecule has 2 aromatic heterocycles. The fraction of sp³-hybridized carbons (Fsp3) is 0.273. The lowest BCUT2D eigenvalue weighted by Gasteiger charge is -2.21. The van der Waals surface area contributed by atoms with Gasteiger partial charge in [-0.1, -0.05) is 30.3 Å². The Morgan fingerprint density at radius 1 is 0.929 bits per heavy atom. The van der Waals surface area contributed by atoms with Gasteiger partial charge in [0.15, 0.2) is 0 Å². The maximum Gasteiger partial charge on any atom is 0.212 e. The Bertz CT molecular complexity index is 862. The third-order valence-corrected chi connectivity index (χ3v) is 4.62. The summed E-state index contributed by atoms with van der Waals surface area (Å²) in [7, 11) is 3.74. The summed E-state index contributed by atoms with van der Waals surface area (Å²) in [4.78, 5) is 10.8. The highest BCUT2D eigenvalue weighted by molar-refractivity contribution is 5.78. The van der Waals surface area contributed by atoms with Crippen LogP contribution < -0.4 is 15.8 Å². The first-order chi connectivity index (χ1) is 13.7. The second-order valence-corrected chi connectivity index (χ2v) is 6.67. The molecule has 3 heterocycles. The molecule has 0 atom stereocenters. The van der Waals surface area contributed by atoms with Gasteiger partial charge < -0.3 is 20.7 Å². The third-order valence-electron chi connectivity index (χ3n) is 4.62. The third kappa shape index (κ3) is 5.28. The van der Waals surface area contributed by atoms with Gasteiger partial charge in [-0.05, 0) is 24.7 Å². The zero-order valence-electron chi connectivity index (χ0n) is 16.4. The van der Waals surface area contributed by atoms with Gasteiger partial charge in [0.1, 0.15) is 5.82 Å². The molecule has 28 heavy (non-hydrogen) atoms. The van der Waals surface area contributed by atoms with Gasteiger partial charge in [0.05, 0.1) is 7.11 Å². The minimum absolute atomic E-state index is 0.488. The second-order valence-electron chi connectivity index (χ2n) is 6.67. The van der Waals surface area contributed by atoms with Gasteiger partial charge in [-0.15, -0.1) is 0 Å². The maximum atomic E-state index is 6.00. The van der Waals surface area contributed by atoms with Crippen LogP contribution in [0.5, 0.6) is 5.88 Å². The number of anilines is 1. The number of hydrogen-bond acceptors (Lipinski definition) is 6. The van der Waals surface area contributed by atoms with Crippen molar-refractivity contribution in [3.8, 4) is 28.1 Å². The molecular weight excluding hydrogens is 350 g/mol. The molecule has 0 unspecified atom stereocenters. The van der Waals surface area contributed by atoms with Gasteiger partial charge in [0, 0.05) is 61.3 Å². The number of nitrogens with zero attached hydrogens (tertiary/aromatic N) is 3. The molecule has 4 rings (SSSR count). The second kappa shape index (κ2) is 9.82. The van der Waals surface area contributed by atoms with E-state index >= 15 is 0 Å². The summed E-state index contributed by atoms with van der Waals surface area (Å²) >= 11 is 0. The minimum atomic E-state index is 0.488. The molecule has 0 amide bonds. The molecule has 6 nitrogen and oxygen atoms in total. The van der Waals surface area contributed by atoms with Gasteiger partial charge in [-0.2, -0.15) is 0 Å². The average Bonchev–Trinajstić information content (AvgIpc) is 2.76. The van der Waals surface area contributed by atoms with Crippen molar-refractivity contribution in [3.05, 3.63) is 60.9 Å². The number of benzene rings is 1. The number of nitrogens with one attached hydrogen (secondary N) is 1. The van der Waals surface area contributed by atoms with E-state index in [-0.39, 0.29) is 0 Å². The van der Waals surface area contributed by atoms with Crippen LogP contribution in [0.15, 0.2) is 60.9 Å². The lowest BCUT2D eigenvalue weighted by Crippen LogP contribution is -2.40. The maximum absolute atomic E-state index is 6.00. The lowest BCUT2D eigenvalue weighted by atomic mass is 10.0. The number of nitrogen functional groups attached to an aromatic ring is 1. The van der Waals surface area contributed by atoms with Gasteiger partial charge in [0.25, 0.3) is 0 Å². The molecule has 1 fully saturated rings. The van der Waals surface area contributed by atoms with Crippen molar-refractivity contribution in [1.29, 1.82) is 0 Å². The number of ether oxygens (including phenoxy) is 1. The molecule has 3 aromatic rings. The van der Waals surface area contributed by atoms with E-state index in [1.807, 2.05) is 48.5 Å². The molecule has 0 radical (unpaired) electrons. The Morgan fingerprint density at radius 2 is 1.64 bits per heavy atom. The van der Waals surface area contributed by atoms with Crippen LogP contribution in [0.2, 0.25) is 0 Å². The summed E-state index contributed by atoms with van der Waals surface area (Å²) in [6, 6.07) is 15.8. The molecule has 0 spiro atoms. The number of hydrogen-bond donors (Lipinski definition) is 2. The first kappa shape index (κ1) is 19.8. The number of aromatic nitrogens is 2. The summed E-state index contributed by atoms with van der Waals surface area (Å²) < 4.78 is 5.07. The molecule has 3 N–H and O–H groups in total. The van der Waals surface area contributed by atoms with Crippen LogP contribution in [0.25, 0.3) is 22.3 Å². The molecule has 0 saturated carbocycles. The van der Waals surface area contributed by atoms with Gasteiger partial charge in [0.2, 0.25) is 5.88 Å². The number of pyridine rings is 2. The molecule has 1 saturated heterocycles. The van der Waals surface area contributed by atoms with Crippen molar-refractivity contribution in [2.45, 2.75) is 0 Å². The quantitative estimate of drug-likeness (QED) is 0.731. The summed E-state index contributed by atoms with van der Waals surface area (Å²) in [5.74, 6) is 1.06. The van der Waals surface area contributed by atoms with Crippen molar-refractivity contribution in [3.63, 3.8) is 0 Å². The molecule has 1 aliphatic rings. The highest BCUT2D eigenvalue weighted by Gasteiger charge is 2.08. The number of piperazine rings is 1. The Morgan fingerprint density at radius 3 is 2.21 bits per heavy atom. The van der Waals surface area contributed by atoms with Crippen LogP contribution in [0.3, 0.4) is 0 Å². The van der Waals surface area contributed by atoms with Crippen molar-refractivity contribution in [1.82, 2.24) is 20.2 Å². The predicted molar refractivity (Wildman–Crippen MR) is 114 cm³/mol. The van der Waals surface area contributed by atoms with Gasteiger partial charge >= 0.3 is 0 Å². The van der Waals surface area contributed by atoms with E-state index in [1.54, 1.807) is 19.5 Å². The number of likely N-dealkylation sites (N-methyl/N-ethyl adjacent to an activating group) is 1. The van der Waals surface area contributed by atoms with Crippen LogP contribution >= 0.6 is 0 Å². The van der Waals surface area contributed by atoms with Crippen LogP contribution in [0, 0.1) is 0 Å². The van der Waals surface area contributed by atoms with Crippen LogP contribution in [-0.4, -0.2) is 55.2 Å². The van der Waals surface area contributed by atoms with Crippen molar-refractivity contribution in [2.75, 3.05) is 46.1 Å². The average molecular weight is 377 g/mol. The molecule has 0 bridgehead atoms. The molecule has 0 aliphatic carbocycles. The van der Waals surface area contributed by atoms with Crippen molar-refractivity contribution in [2.24, 2.45) is 0 Å². The molecular formula is C22H27N5O. The first-order valence-corrected chi connectivity index (χ1v) is 9.38. The van der Waals surface area contributed by atoms with E-state index in [2.05, 4.69) is 27.2 Å². The minimum Gasteiger partial charge on any atom is -0.481 e. The normalized spacial score (nSPS) is 14.1. The lowest BCUT2D eigenvalue weighted by molar-refractivity contribution is 0.291. The van der Waals surface area contributed by atoms with E-state index in [9.17, 15) is 0 Å². The zero-order chi connectivity index (χ0) is 19.8. The topological polar surface area (TPSA) is 76.3 Å². The Labute approximate surface area is 166 Å². The predicted octanol–water partition coefficient (Wildman–Crippen LogP) is 2.92. The molecule has 1 aliphatic heterocycles. The van der Waals surface area contributed by atoms with E-state index in [0.717, 1.165) is 35.3 Å². The van der Waals surface area contributed by atoms with Crippen molar-refractivity contribution >= 4 is 5.82 Å². The molecule has 6 heteroatoms. The summed E-state index contributed by atoms with van der Waals surface area (Å²) in [5, 5.41) is 3.27. The Hall–Kier alpha value is -2.96. The summed E-state index contributed by atoms with van der Waals surface area (Å²) in [6.45, 7) is 4.74. The Balaban J connectivity index is 0.000000271. The van der Waals surface area contributed by atoms with Crippen LogP contribution in [0.4, 0.5) is 5.82 Å². The zero-order valence-corrected chi connectivity index (χ0v) is 16.4. The number of rotatable bonds is 3. The monoisotopic (exact) mass is 377 g/mol. The highest BCUT2D eigenvalue weighted by atomic mass is 16.5. The van der Waals surface area contributed by atoms with Crippen LogP contribution in [0.1, 0.15) is 0 Å². The summed E-state index contributed by atoms with van der Waals surface area (Å²) in [6.07, 6.45) is 3.52. The van der Waals surface area contributed by atoms with E-state index in [0.29, 0.717) is 11.7 Å². The fourth-order valence-electron chi connectivity index (χ4n) is 2.93. The largest absolute Gasteiger partial charge is 0.481 e. The molecule has 1 aromatic carbocycles. The van der Waals surface area contributed by atoms with E-state index in [1.165, 1.54) is 13.1 Å². The standard InChI is InChI=1S/C17H15N3O.C5H12N2/c1-21-16-8-7-13(10-19-16)15-9-14(11-20-17(15)18)12-5-3-2-4-6-12;1-7-4-2-6-3-5-7/h2-11H,1H3,(H2,18,20);6H,2-5H2,1H3. The van der Waals surface area contributed by atoms with Crippen LogP contribution in [-0.2, 0) is 0 Å². The van der Waals surface area contributed by atoms with E-state index < -0.39 is 0 Å². The fourth-order valence-corrected chi connectivity index (χ4v) is 2.93. The Kier molecular flexibility index (Phi) is 6.94. The summed E-state index contributed by atoms with van der Waals surface area (Å²) in [5.41, 5.74) is 9.91. The first-order valence-electron chi connectivity index (χ1n) is 9.38. The highest BCUT2D eigenvalue weighted by Crippen LogP contribution is 2.29. The van der Waals surface area contributed by atoms with Gasteiger partial charge in [-0.3, -0.25) is 0 Å². The van der Waals surface area contributed by atoms with Crippen molar-refractivity contribution < 1.29 is 4.74 Å². The number of nitrogens with two attached hydrogens (primary N) is 1. The number of methoxy groups -OCH3 is 1. The van der Waals surface area contributed by atoms with E-state index in [4.69, 9.17) is 10.5 Å². The molecule has 146 valence electrons. The smallest absolute Gasteiger partial charge is 0.212 e. The van der Waals surface area contributed by atoms with Gasteiger partial charge in [-0.25, -0.2) is 9.97 Å².